The van der Waals surface area contributed by atoms with Crippen LogP contribution in [0.5, 0.6) is 0 Å². The molecular weight excluding hydrogens is 408 g/mol. The van der Waals surface area contributed by atoms with E-state index >= 15 is 0 Å². The third kappa shape index (κ3) is 3.85. The van der Waals surface area contributed by atoms with Crippen molar-refractivity contribution in [1.82, 2.24) is 20.0 Å². The van der Waals surface area contributed by atoms with Crippen molar-refractivity contribution < 1.29 is 14.4 Å². The molecule has 3 amide bonds. The number of nitrogens with two attached hydrogens (primary N) is 1. The molecule has 9 nitrogen and oxygen atoms in total. The van der Waals surface area contributed by atoms with E-state index in [4.69, 9.17) is 5.73 Å². The molecule has 5 atom stereocenters. The topological polar surface area (TPSA) is 123 Å². The molecule has 1 aromatic carbocycles. The number of rotatable bonds is 6. The van der Waals surface area contributed by atoms with Crippen molar-refractivity contribution in [3.63, 3.8) is 0 Å². The molecule has 3 N–H and O–H groups in total. The van der Waals surface area contributed by atoms with E-state index in [2.05, 4.69) is 11.4 Å². The molecule has 0 saturated carbocycles. The molecule has 1 aromatic rings. The lowest BCUT2D eigenvalue weighted by atomic mass is 10.0. The lowest BCUT2D eigenvalue weighted by molar-refractivity contribution is -0.140. The van der Waals surface area contributed by atoms with Gasteiger partial charge in [-0.1, -0.05) is 12.1 Å². The van der Waals surface area contributed by atoms with Crippen molar-refractivity contribution in [2.24, 2.45) is 5.73 Å². The molecule has 4 rings (SSSR count). The van der Waals surface area contributed by atoms with Crippen LogP contribution in [0.2, 0.25) is 0 Å². The number of benzene rings is 1. The molecule has 3 aliphatic rings. The second-order valence-electron chi connectivity index (χ2n) is 8.91. The molecule has 3 aliphatic heterocycles. The minimum atomic E-state index is -0.737. The third-order valence-corrected chi connectivity index (χ3v) is 7.05. The van der Waals surface area contributed by atoms with E-state index in [0.29, 0.717) is 31.6 Å². The van der Waals surface area contributed by atoms with Crippen LogP contribution in [-0.2, 0) is 9.59 Å². The highest BCUT2D eigenvalue weighted by molar-refractivity contribution is 5.94. The second-order valence-corrected chi connectivity index (χ2v) is 8.91. The summed E-state index contributed by atoms with van der Waals surface area (Å²) in [4.78, 5) is 43.2. The van der Waals surface area contributed by atoms with Gasteiger partial charge in [0.05, 0.1) is 24.2 Å². The molecule has 32 heavy (non-hydrogen) atoms. The fourth-order valence-corrected chi connectivity index (χ4v) is 5.33. The maximum Gasteiger partial charge on any atom is 0.251 e. The van der Waals surface area contributed by atoms with Crippen molar-refractivity contribution in [3.8, 4) is 6.07 Å². The lowest BCUT2D eigenvalue weighted by Crippen LogP contribution is -2.56. The average molecular weight is 439 g/mol. The van der Waals surface area contributed by atoms with Gasteiger partial charge in [0.25, 0.3) is 5.91 Å². The van der Waals surface area contributed by atoms with Crippen molar-refractivity contribution in [2.45, 2.75) is 56.4 Å². The third-order valence-electron chi connectivity index (χ3n) is 7.05. The number of carbonyl (C=O) groups is 3. The molecule has 0 radical (unpaired) electrons. The monoisotopic (exact) mass is 438 g/mol. The van der Waals surface area contributed by atoms with Crippen LogP contribution >= 0.6 is 0 Å². The van der Waals surface area contributed by atoms with Crippen molar-refractivity contribution in [2.75, 3.05) is 26.7 Å². The largest absolute Gasteiger partial charge is 0.355 e. The number of nitrogens with one attached hydrogen (secondary N) is 1. The highest BCUT2D eigenvalue weighted by Gasteiger charge is 2.51. The Morgan fingerprint density at radius 2 is 2.03 bits per heavy atom. The van der Waals surface area contributed by atoms with E-state index in [9.17, 15) is 19.6 Å². The van der Waals surface area contributed by atoms with Crippen LogP contribution in [-0.4, -0.2) is 83.3 Å². The Kier molecular flexibility index (Phi) is 6.17. The number of hydrogen-bond donors (Lipinski definition) is 2. The Hall–Kier alpha value is -2.96. The first-order valence-electron chi connectivity index (χ1n) is 11.2. The zero-order valence-corrected chi connectivity index (χ0v) is 18.5. The van der Waals surface area contributed by atoms with E-state index in [1.807, 2.05) is 28.9 Å². The summed E-state index contributed by atoms with van der Waals surface area (Å²) in [7, 11) is 1.59. The number of amides is 3. The Labute approximate surface area is 188 Å². The molecule has 0 spiro atoms. The molecule has 0 aliphatic carbocycles. The minimum Gasteiger partial charge on any atom is -0.355 e. The molecule has 9 heteroatoms. The summed E-state index contributed by atoms with van der Waals surface area (Å²) < 4.78 is 0. The van der Waals surface area contributed by atoms with Crippen LogP contribution in [0, 0.1) is 11.3 Å². The van der Waals surface area contributed by atoms with Gasteiger partial charge in [0.2, 0.25) is 11.8 Å². The van der Waals surface area contributed by atoms with E-state index in [1.165, 1.54) is 0 Å². The van der Waals surface area contributed by atoms with Gasteiger partial charge in [0.15, 0.2) is 0 Å². The van der Waals surface area contributed by atoms with Crippen LogP contribution in [0.25, 0.3) is 0 Å². The highest BCUT2D eigenvalue weighted by atomic mass is 16.2. The molecule has 0 aromatic heterocycles. The Morgan fingerprint density at radius 1 is 1.31 bits per heavy atom. The number of likely N-dealkylation sites (tertiary alicyclic amines) is 3. The van der Waals surface area contributed by atoms with E-state index < -0.39 is 12.1 Å². The van der Waals surface area contributed by atoms with Crippen LogP contribution < -0.4 is 11.1 Å². The predicted molar refractivity (Wildman–Crippen MR) is 117 cm³/mol. The summed E-state index contributed by atoms with van der Waals surface area (Å²) in [5.74, 6) is -0.289. The second kappa shape index (κ2) is 8.88. The van der Waals surface area contributed by atoms with Crippen LogP contribution in [0.3, 0.4) is 0 Å². The fourth-order valence-electron chi connectivity index (χ4n) is 5.33. The Bertz CT molecular complexity index is 942. The summed E-state index contributed by atoms with van der Waals surface area (Å²) in [6.07, 6.45) is 2.24. The van der Waals surface area contributed by atoms with Crippen LogP contribution in [0.1, 0.15) is 48.1 Å². The first-order valence-corrected chi connectivity index (χ1v) is 11.2. The molecule has 3 saturated heterocycles. The number of nitriles is 1. The Morgan fingerprint density at radius 3 is 2.66 bits per heavy atom. The van der Waals surface area contributed by atoms with Gasteiger partial charge in [-0.2, -0.15) is 5.26 Å². The van der Waals surface area contributed by atoms with Gasteiger partial charge in [-0.3, -0.25) is 19.3 Å². The lowest BCUT2D eigenvalue weighted by Gasteiger charge is -2.38. The van der Waals surface area contributed by atoms with Gasteiger partial charge in [0, 0.05) is 38.3 Å². The number of piperazine rings is 1. The van der Waals surface area contributed by atoms with E-state index in [1.54, 1.807) is 24.1 Å². The van der Waals surface area contributed by atoms with Crippen molar-refractivity contribution in [1.29, 1.82) is 5.26 Å². The van der Waals surface area contributed by atoms with Gasteiger partial charge < -0.3 is 20.9 Å². The normalized spacial score (nSPS) is 26.8. The first kappa shape index (κ1) is 22.2. The van der Waals surface area contributed by atoms with Crippen molar-refractivity contribution >= 4 is 17.7 Å². The minimum absolute atomic E-state index is 0.0554. The van der Waals surface area contributed by atoms with Gasteiger partial charge in [-0.15, -0.1) is 0 Å². The molecule has 3 fully saturated rings. The van der Waals surface area contributed by atoms with Gasteiger partial charge in [-0.25, -0.2) is 0 Å². The molecule has 0 unspecified atom stereocenters. The van der Waals surface area contributed by atoms with E-state index in [-0.39, 0.29) is 35.8 Å². The number of carbonyl (C=O) groups excluding carboxylic acids is 3. The smallest absolute Gasteiger partial charge is 0.251 e. The molecule has 170 valence electrons. The summed E-state index contributed by atoms with van der Waals surface area (Å²) in [6.45, 7) is 3.57. The summed E-state index contributed by atoms with van der Waals surface area (Å²) in [6, 6.07) is 8.08. The predicted octanol–water partition coefficient (Wildman–Crippen LogP) is 0.234. The first-order chi connectivity index (χ1) is 15.3. The quantitative estimate of drug-likeness (QED) is 0.656. The zero-order valence-electron chi connectivity index (χ0n) is 18.5. The SMILES string of the molecule is CNC(=O)c1ccc([C@@H](C)N2C(=O)[C@@H]3C[C@H]2CN3C[C@H](N)C(=O)N2CCC[C@H]2C#N)cc1. The fraction of sp³-hybridized carbons (Fsp3) is 0.565. The molecule has 3 heterocycles. The highest BCUT2D eigenvalue weighted by Crippen LogP contribution is 2.38. The summed E-state index contributed by atoms with van der Waals surface area (Å²) in [5.41, 5.74) is 7.77. The molecule has 2 bridgehead atoms. The number of hydrogen-bond acceptors (Lipinski definition) is 6. The summed E-state index contributed by atoms with van der Waals surface area (Å²) >= 11 is 0. The number of nitrogens with zero attached hydrogens (tertiary/aromatic N) is 4. The average Bonchev–Trinajstić information content (AvgIpc) is 3.52. The number of fused-ring (bicyclic) bond motifs is 2. The van der Waals surface area contributed by atoms with Crippen LogP contribution in [0.4, 0.5) is 0 Å². The van der Waals surface area contributed by atoms with Gasteiger partial charge >= 0.3 is 0 Å². The Balaban J connectivity index is 1.38. The maximum atomic E-state index is 13.2. The van der Waals surface area contributed by atoms with Gasteiger partial charge in [0.1, 0.15) is 6.04 Å². The van der Waals surface area contributed by atoms with Crippen molar-refractivity contribution in [3.05, 3.63) is 35.4 Å². The molecular formula is C23H30N6O3. The standard InChI is InChI=1S/C23H30N6O3/c1-14(15-5-7-16(8-6-15)21(30)26-2)29-18-10-20(23(29)32)27(12-18)13-19(25)22(31)28-9-3-4-17(28)11-24/h5-8,14,17-20H,3-4,9-10,12-13,25H2,1-2H3,(H,26,30)/t14-,17+,18+,19+,20+/m1/s1. The zero-order chi connectivity index (χ0) is 23.0. The van der Waals surface area contributed by atoms with Gasteiger partial charge in [-0.05, 0) is 43.9 Å². The van der Waals surface area contributed by atoms with E-state index in [0.717, 1.165) is 18.4 Å². The van der Waals surface area contributed by atoms with Crippen LogP contribution in [0.15, 0.2) is 24.3 Å². The summed E-state index contributed by atoms with van der Waals surface area (Å²) in [5, 5.41) is 11.8. The maximum absolute atomic E-state index is 13.2.